The Hall–Kier alpha value is -1.52. The van der Waals surface area contributed by atoms with Crippen LogP contribution in [-0.2, 0) is 0 Å². The van der Waals surface area contributed by atoms with Crippen LogP contribution < -0.4 is 14.8 Å². The average molecular weight is 169 g/mol. The third-order valence-corrected chi connectivity index (χ3v) is 1.32. The van der Waals surface area contributed by atoms with Gasteiger partial charge in [0.1, 0.15) is 0 Å². The summed E-state index contributed by atoms with van der Waals surface area (Å²) in [5, 5.41) is 2.79. The molecule has 1 rings (SSSR count). The lowest BCUT2D eigenvalue weighted by Gasteiger charge is -2.04. The van der Waals surface area contributed by atoms with E-state index in [1.54, 1.807) is 27.3 Å². The molecule has 0 saturated heterocycles. The molecule has 12 heavy (non-hydrogen) atoms. The number of ether oxygens (including phenoxy) is 2. The molecule has 0 bridgehead atoms. The quantitative estimate of drug-likeness (QED) is 0.715. The fraction of sp³-hybridized carbons (Fsp3) is 0.429. The van der Waals surface area contributed by atoms with E-state index in [-0.39, 0.29) is 0 Å². The van der Waals surface area contributed by atoms with E-state index < -0.39 is 0 Å². The van der Waals surface area contributed by atoms with Crippen molar-refractivity contribution >= 4 is 5.95 Å². The van der Waals surface area contributed by atoms with E-state index in [0.29, 0.717) is 17.7 Å². The average Bonchev–Trinajstić information content (AvgIpc) is 2.16. The van der Waals surface area contributed by atoms with Crippen LogP contribution in [0.5, 0.6) is 11.8 Å². The molecule has 1 aromatic heterocycles. The van der Waals surface area contributed by atoms with Gasteiger partial charge < -0.3 is 14.8 Å². The molecule has 1 aromatic rings. The highest BCUT2D eigenvalue weighted by molar-refractivity contribution is 5.32. The van der Waals surface area contributed by atoms with E-state index in [2.05, 4.69) is 15.3 Å². The van der Waals surface area contributed by atoms with Crippen LogP contribution in [0.1, 0.15) is 0 Å². The second kappa shape index (κ2) is 3.75. The highest BCUT2D eigenvalue weighted by atomic mass is 16.5. The van der Waals surface area contributed by atoms with E-state index in [1.165, 1.54) is 0 Å². The van der Waals surface area contributed by atoms with E-state index >= 15 is 0 Å². The standard InChI is InChI=1S/C7H11N3O2/c1-8-7-9-5(11-2)4-6(10-7)12-3/h4H,1-3H3,(H,8,9,10). The Morgan fingerprint density at radius 2 is 1.67 bits per heavy atom. The number of hydrogen-bond donors (Lipinski definition) is 1. The number of aromatic nitrogens is 2. The summed E-state index contributed by atoms with van der Waals surface area (Å²) in [5.41, 5.74) is 0. The maximum absolute atomic E-state index is 4.93. The van der Waals surface area contributed by atoms with Gasteiger partial charge in [0.15, 0.2) is 0 Å². The molecule has 5 heteroatoms. The van der Waals surface area contributed by atoms with Crippen molar-refractivity contribution in [2.75, 3.05) is 26.6 Å². The second-order valence-electron chi connectivity index (χ2n) is 2.03. The van der Waals surface area contributed by atoms with E-state index in [4.69, 9.17) is 9.47 Å². The van der Waals surface area contributed by atoms with Crippen LogP contribution in [0.3, 0.4) is 0 Å². The monoisotopic (exact) mass is 169 g/mol. The summed E-state index contributed by atoms with van der Waals surface area (Å²) in [5.74, 6) is 1.43. The number of anilines is 1. The third-order valence-electron chi connectivity index (χ3n) is 1.32. The lowest BCUT2D eigenvalue weighted by atomic mass is 10.6. The minimum absolute atomic E-state index is 0.478. The van der Waals surface area contributed by atoms with Crippen molar-refractivity contribution < 1.29 is 9.47 Å². The van der Waals surface area contributed by atoms with Gasteiger partial charge in [0, 0.05) is 7.05 Å². The molecule has 0 aromatic carbocycles. The highest BCUT2D eigenvalue weighted by Gasteiger charge is 2.02. The summed E-state index contributed by atoms with van der Waals surface area (Å²) < 4.78 is 9.86. The normalized spacial score (nSPS) is 9.25. The molecule has 0 atom stereocenters. The molecule has 66 valence electrons. The molecule has 0 saturated carbocycles. The van der Waals surface area contributed by atoms with Gasteiger partial charge in [-0.05, 0) is 0 Å². The molecule has 0 amide bonds. The fourth-order valence-electron chi connectivity index (χ4n) is 0.725. The third kappa shape index (κ3) is 1.75. The molecule has 1 heterocycles. The maximum atomic E-state index is 4.93. The first-order valence-corrected chi connectivity index (χ1v) is 3.45. The summed E-state index contributed by atoms with van der Waals surface area (Å²) in [4.78, 5) is 7.99. The highest BCUT2D eigenvalue weighted by Crippen LogP contribution is 2.16. The molecule has 1 N–H and O–H groups in total. The number of nitrogens with one attached hydrogen (secondary N) is 1. The van der Waals surface area contributed by atoms with Crippen LogP contribution in [0, 0.1) is 0 Å². The zero-order valence-corrected chi connectivity index (χ0v) is 7.29. The first-order chi connectivity index (χ1) is 5.80. The van der Waals surface area contributed by atoms with Gasteiger partial charge in [-0.3, -0.25) is 0 Å². The molecular weight excluding hydrogens is 158 g/mol. The Morgan fingerprint density at radius 3 is 2.00 bits per heavy atom. The van der Waals surface area contributed by atoms with Crippen LogP contribution >= 0.6 is 0 Å². The van der Waals surface area contributed by atoms with Crippen molar-refractivity contribution in [3.8, 4) is 11.8 Å². The molecule has 0 aliphatic rings. The summed E-state index contributed by atoms with van der Waals surface area (Å²) >= 11 is 0. The zero-order chi connectivity index (χ0) is 8.97. The van der Waals surface area contributed by atoms with Crippen molar-refractivity contribution in [1.29, 1.82) is 0 Å². The number of hydrogen-bond acceptors (Lipinski definition) is 5. The minimum atomic E-state index is 0.478. The van der Waals surface area contributed by atoms with Crippen LogP contribution in [-0.4, -0.2) is 31.2 Å². The lowest BCUT2D eigenvalue weighted by Crippen LogP contribution is -2.00. The van der Waals surface area contributed by atoms with E-state index in [9.17, 15) is 0 Å². The molecule has 5 nitrogen and oxygen atoms in total. The van der Waals surface area contributed by atoms with Gasteiger partial charge >= 0.3 is 0 Å². The van der Waals surface area contributed by atoms with Crippen LogP contribution in [0.15, 0.2) is 6.07 Å². The van der Waals surface area contributed by atoms with E-state index in [1.807, 2.05) is 0 Å². The van der Waals surface area contributed by atoms with Crippen LogP contribution in [0.4, 0.5) is 5.95 Å². The lowest BCUT2D eigenvalue weighted by molar-refractivity contribution is 0.373. The minimum Gasteiger partial charge on any atom is -0.481 e. The van der Waals surface area contributed by atoms with Crippen molar-refractivity contribution in [3.63, 3.8) is 0 Å². The topological polar surface area (TPSA) is 56.3 Å². The van der Waals surface area contributed by atoms with Crippen molar-refractivity contribution in [3.05, 3.63) is 6.07 Å². The van der Waals surface area contributed by atoms with Gasteiger partial charge in [0.2, 0.25) is 17.7 Å². The first kappa shape index (κ1) is 8.58. The van der Waals surface area contributed by atoms with E-state index in [0.717, 1.165) is 0 Å². The Bertz CT molecular complexity index is 210. The Morgan fingerprint density at radius 1 is 1.17 bits per heavy atom. The summed E-state index contributed by atoms with van der Waals surface area (Å²) in [6, 6.07) is 1.61. The molecule has 0 unspecified atom stereocenters. The Kier molecular flexibility index (Phi) is 2.68. The largest absolute Gasteiger partial charge is 0.481 e. The van der Waals surface area contributed by atoms with Gasteiger partial charge in [0.05, 0.1) is 20.3 Å². The van der Waals surface area contributed by atoms with Crippen molar-refractivity contribution in [2.24, 2.45) is 0 Å². The van der Waals surface area contributed by atoms with Gasteiger partial charge in [-0.2, -0.15) is 9.97 Å². The number of nitrogens with zero attached hydrogens (tertiary/aromatic N) is 2. The number of rotatable bonds is 3. The zero-order valence-electron chi connectivity index (χ0n) is 7.29. The first-order valence-electron chi connectivity index (χ1n) is 3.45. The van der Waals surface area contributed by atoms with Crippen LogP contribution in [0.2, 0.25) is 0 Å². The molecule has 0 fully saturated rings. The van der Waals surface area contributed by atoms with Crippen LogP contribution in [0.25, 0.3) is 0 Å². The summed E-state index contributed by atoms with van der Waals surface area (Å²) in [6.07, 6.45) is 0. The maximum Gasteiger partial charge on any atom is 0.229 e. The second-order valence-corrected chi connectivity index (χ2v) is 2.03. The van der Waals surface area contributed by atoms with Crippen molar-refractivity contribution in [2.45, 2.75) is 0 Å². The van der Waals surface area contributed by atoms with Gasteiger partial charge in [-0.25, -0.2) is 0 Å². The van der Waals surface area contributed by atoms with Crippen molar-refractivity contribution in [1.82, 2.24) is 9.97 Å². The molecule has 0 radical (unpaired) electrons. The van der Waals surface area contributed by atoms with Gasteiger partial charge in [-0.15, -0.1) is 0 Å². The molecule has 0 spiro atoms. The fourth-order valence-corrected chi connectivity index (χ4v) is 0.725. The molecule has 0 aliphatic heterocycles. The predicted octanol–water partition coefficient (Wildman–Crippen LogP) is 0.535. The predicted molar refractivity (Wildman–Crippen MR) is 44.7 cm³/mol. The summed E-state index contributed by atoms with van der Waals surface area (Å²) in [6.45, 7) is 0. The SMILES string of the molecule is CNc1nc(OC)cc(OC)n1. The summed E-state index contributed by atoms with van der Waals surface area (Å²) in [7, 11) is 4.82. The molecule has 0 aliphatic carbocycles. The van der Waals surface area contributed by atoms with Gasteiger partial charge in [-0.1, -0.05) is 0 Å². The Balaban J connectivity index is 3.01. The Labute approximate surface area is 70.7 Å². The molecular formula is C7H11N3O2. The smallest absolute Gasteiger partial charge is 0.229 e. The van der Waals surface area contributed by atoms with Gasteiger partial charge in [0.25, 0.3) is 0 Å². The number of methoxy groups -OCH3 is 2.